The first-order chi connectivity index (χ1) is 16.2. The van der Waals surface area contributed by atoms with Crippen LogP contribution in [-0.2, 0) is 23.9 Å². The molecular formula is C25H45N4O6. The summed E-state index contributed by atoms with van der Waals surface area (Å²) in [5, 5.41) is 5.23. The lowest BCUT2D eigenvalue weighted by Gasteiger charge is -2.30. The molecule has 0 rings (SSSR count). The molecule has 4 amide bonds. The van der Waals surface area contributed by atoms with Gasteiger partial charge in [0.05, 0.1) is 6.54 Å². The smallest absolute Gasteiger partial charge is 0.417 e. The number of unbranched alkanes of at least 4 members (excludes halogenated alkanes) is 2. The van der Waals surface area contributed by atoms with Crippen LogP contribution in [0.4, 0.5) is 4.79 Å². The zero-order valence-electron chi connectivity index (χ0n) is 22.4. The maximum absolute atomic E-state index is 13.0. The number of hydrogen-bond donors (Lipinski definition) is 3. The number of nitrogens with two attached hydrogens (primary N) is 1. The Kier molecular flexibility index (Phi) is 15.1. The van der Waals surface area contributed by atoms with E-state index in [1.807, 2.05) is 27.7 Å². The van der Waals surface area contributed by atoms with E-state index in [-0.39, 0.29) is 30.6 Å². The van der Waals surface area contributed by atoms with Crippen LogP contribution in [0.2, 0.25) is 0 Å². The number of imide groups is 1. The standard InChI is InChI=1S/C25H45N4O6/c1-17(2)13-19(16-30)29(24(34)35-25(5,6)7)22(32)15-27-23(33)20(14-18(3)4)28-21(31)11-9-8-10-12-26/h17-20H,8-15,26H2,1-7H3,(H,27,33)(H,28,31). The molecule has 0 aliphatic rings. The predicted molar refractivity (Wildman–Crippen MR) is 134 cm³/mol. The fourth-order valence-corrected chi connectivity index (χ4v) is 3.31. The molecular weight excluding hydrogens is 452 g/mol. The third kappa shape index (κ3) is 14.5. The summed E-state index contributed by atoms with van der Waals surface area (Å²) in [6.45, 7) is 12.5. The number of amides is 4. The lowest BCUT2D eigenvalue weighted by Crippen LogP contribution is -2.53. The Morgan fingerprint density at radius 3 is 2.06 bits per heavy atom. The van der Waals surface area contributed by atoms with E-state index < -0.39 is 42.1 Å². The third-order valence-electron chi connectivity index (χ3n) is 4.88. The van der Waals surface area contributed by atoms with Crippen LogP contribution in [0.5, 0.6) is 0 Å². The molecule has 0 aromatic heterocycles. The van der Waals surface area contributed by atoms with Gasteiger partial charge in [0.2, 0.25) is 18.1 Å². The molecule has 0 aliphatic heterocycles. The van der Waals surface area contributed by atoms with Crippen LogP contribution in [-0.4, -0.2) is 65.8 Å². The molecule has 0 heterocycles. The van der Waals surface area contributed by atoms with Crippen molar-refractivity contribution in [1.82, 2.24) is 15.5 Å². The average molecular weight is 498 g/mol. The fraction of sp³-hybridized carbons (Fsp3) is 0.800. The molecule has 2 atom stereocenters. The molecule has 0 bridgehead atoms. The van der Waals surface area contributed by atoms with Gasteiger partial charge in [-0.3, -0.25) is 19.2 Å². The number of rotatable bonds is 15. The first-order valence-electron chi connectivity index (χ1n) is 12.4. The van der Waals surface area contributed by atoms with E-state index in [4.69, 9.17) is 10.5 Å². The van der Waals surface area contributed by atoms with Crippen LogP contribution in [0.3, 0.4) is 0 Å². The minimum atomic E-state index is -1.14. The first-order valence-corrected chi connectivity index (χ1v) is 12.4. The van der Waals surface area contributed by atoms with Crippen LogP contribution in [0.15, 0.2) is 0 Å². The van der Waals surface area contributed by atoms with Crippen molar-refractivity contribution >= 4 is 30.1 Å². The van der Waals surface area contributed by atoms with Crippen molar-refractivity contribution < 1.29 is 28.7 Å². The maximum atomic E-state index is 13.0. The van der Waals surface area contributed by atoms with E-state index in [0.717, 1.165) is 12.8 Å². The van der Waals surface area contributed by atoms with Gasteiger partial charge in [-0.05, 0) is 64.8 Å². The zero-order valence-corrected chi connectivity index (χ0v) is 22.4. The number of hydrogen-bond acceptors (Lipinski definition) is 7. The van der Waals surface area contributed by atoms with E-state index >= 15 is 0 Å². The van der Waals surface area contributed by atoms with Gasteiger partial charge in [-0.15, -0.1) is 0 Å². The van der Waals surface area contributed by atoms with Gasteiger partial charge in [-0.25, -0.2) is 9.69 Å². The summed E-state index contributed by atoms with van der Waals surface area (Å²) >= 11 is 0. The van der Waals surface area contributed by atoms with E-state index in [2.05, 4.69) is 10.6 Å². The predicted octanol–water partition coefficient (Wildman–Crippen LogP) is 2.44. The lowest BCUT2D eigenvalue weighted by atomic mass is 10.0. The normalized spacial score (nSPS) is 13.2. The second kappa shape index (κ2) is 16.2. The first kappa shape index (κ1) is 32.5. The minimum Gasteiger partial charge on any atom is -0.443 e. The van der Waals surface area contributed by atoms with Crippen molar-refractivity contribution in [3.63, 3.8) is 0 Å². The molecule has 0 aromatic carbocycles. The summed E-state index contributed by atoms with van der Waals surface area (Å²) in [6, 6.07) is -1.97. The third-order valence-corrected chi connectivity index (χ3v) is 4.88. The summed E-state index contributed by atoms with van der Waals surface area (Å²) in [6.07, 6.45) is 3.96. The molecule has 0 spiro atoms. The van der Waals surface area contributed by atoms with E-state index in [9.17, 15) is 24.0 Å². The van der Waals surface area contributed by atoms with Crippen LogP contribution in [0.1, 0.15) is 87.0 Å². The van der Waals surface area contributed by atoms with Crippen molar-refractivity contribution in [3.8, 4) is 0 Å². The maximum Gasteiger partial charge on any atom is 0.417 e. The summed E-state index contributed by atoms with van der Waals surface area (Å²) in [5.41, 5.74) is 4.58. The summed E-state index contributed by atoms with van der Waals surface area (Å²) in [4.78, 5) is 63.1. The highest BCUT2D eigenvalue weighted by Crippen LogP contribution is 2.16. The van der Waals surface area contributed by atoms with Gasteiger partial charge >= 0.3 is 6.09 Å². The van der Waals surface area contributed by atoms with Crippen molar-refractivity contribution in [2.75, 3.05) is 13.1 Å². The largest absolute Gasteiger partial charge is 0.443 e. The Hall–Kier alpha value is -2.49. The van der Waals surface area contributed by atoms with E-state index in [0.29, 0.717) is 24.3 Å². The van der Waals surface area contributed by atoms with Crippen LogP contribution >= 0.6 is 0 Å². The summed E-state index contributed by atoms with van der Waals surface area (Å²) < 4.78 is 5.31. The minimum absolute atomic E-state index is 0.00395. The Bertz CT molecular complexity index is 703. The molecule has 201 valence electrons. The van der Waals surface area contributed by atoms with Crippen molar-refractivity contribution in [3.05, 3.63) is 0 Å². The second-order valence-corrected chi connectivity index (χ2v) is 10.6. The molecule has 10 heteroatoms. The molecule has 0 saturated heterocycles. The number of nitrogens with zero attached hydrogens (tertiary/aromatic N) is 1. The van der Waals surface area contributed by atoms with Gasteiger partial charge in [0.15, 0.2) is 0 Å². The monoisotopic (exact) mass is 497 g/mol. The van der Waals surface area contributed by atoms with E-state index in [1.165, 1.54) is 0 Å². The molecule has 10 nitrogen and oxygen atoms in total. The van der Waals surface area contributed by atoms with Crippen LogP contribution in [0.25, 0.3) is 0 Å². The van der Waals surface area contributed by atoms with Crippen LogP contribution in [0, 0.1) is 11.8 Å². The molecule has 1 radical (unpaired) electrons. The molecule has 0 aromatic rings. The quantitative estimate of drug-likeness (QED) is 0.294. The molecule has 0 saturated carbocycles. The molecule has 4 N–H and O–H groups in total. The van der Waals surface area contributed by atoms with Gasteiger partial charge in [0.25, 0.3) is 5.91 Å². The van der Waals surface area contributed by atoms with Crippen molar-refractivity contribution in [2.45, 2.75) is 105 Å². The Labute approximate surface area is 210 Å². The molecule has 2 unspecified atom stereocenters. The van der Waals surface area contributed by atoms with Crippen LogP contribution < -0.4 is 16.4 Å². The highest BCUT2D eigenvalue weighted by molar-refractivity contribution is 5.98. The summed E-state index contributed by atoms with van der Waals surface area (Å²) in [5.74, 6) is -1.47. The SMILES string of the molecule is CC(C)CC(NC(=O)CCCCCN)C(=O)NCC(=O)N(C(=O)OC(C)(C)C)C([C]=O)CC(C)C. The van der Waals surface area contributed by atoms with Gasteiger partial charge in [-0.1, -0.05) is 34.1 Å². The van der Waals surface area contributed by atoms with Gasteiger partial charge in [0.1, 0.15) is 17.7 Å². The Morgan fingerprint density at radius 1 is 0.971 bits per heavy atom. The number of ether oxygens (including phenoxy) is 1. The lowest BCUT2D eigenvalue weighted by molar-refractivity contribution is -0.134. The van der Waals surface area contributed by atoms with Gasteiger partial charge < -0.3 is 21.1 Å². The van der Waals surface area contributed by atoms with Crippen molar-refractivity contribution in [1.29, 1.82) is 0 Å². The topological polar surface area (TPSA) is 148 Å². The second-order valence-electron chi connectivity index (χ2n) is 10.6. The number of carbonyl (C=O) groups excluding carboxylic acids is 5. The van der Waals surface area contributed by atoms with Crippen molar-refractivity contribution in [2.24, 2.45) is 17.6 Å². The molecule has 35 heavy (non-hydrogen) atoms. The van der Waals surface area contributed by atoms with Gasteiger partial charge in [0, 0.05) is 6.42 Å². The molecule has 0 fully saturated rings. The summed E-state index contributed by atoms with van der Waals surface area (Å²) in [7, 11) is 0. The van der Waals surface area contributed by atoms with E-state index in [1.54, 1.807) is 27.1 Å². The zero-order chi connectivity index (χ0) is 27.2. The Morgan fingerprint density at radius 2 is 1.57 bits per heavy atom. The Balaban J connectivity index is 5.36. The number of carbonyl (C=O) groups is 4. The van der Waals surface area contributed by atoms with Gasteiger partial charge in [-0.2, -0.15) is 0 Å². The number of nitrogens with one attached hydrogen (secondary N) is 2. The molecule has 0 aliphatic carbocycles. The highest BCUT2D eigenvalue weighted by atomic mass is 16.6. The fourth-order valence-electron chi connectivity index (χ4n) is 3.31. The average Bonchev–Trinajstić information content (AvgIpc) is 2.72. The highest BCUT2D eigenvalue weighted by Gasteiger charge is 2.35.